The number of esters is 1. The quantitative estimate of drug-likeness (QED) is 0.485. The van der Waals surface area contributed by atoms with E-state index in [0.717, 1.165) is 12.8 Å². The molecule has 1 aliphatic heterocycles. The molecule has 2 rings (SSSR count). The van der Waals surface area contributed by atoms with Crippen LogP contribution in [0.15, 0.2) is 6.07 Å². The summed E-state index contributed by atoms with van der Waals surface area (Å²) in [5.74, 6) is -0.712. The highest BCUT2D eigenvalue weighted by Crippen LogP contribution is 2.35. The van der Waals surface area contributed by atoms with Gasteiger partial charge in [0.15, 0.2) is 0 Å². The number of carboxylic acid groups (broad SMARTS) is 1. The van der Waals surface area contributed by atoms with Crippen LogP contribution in [-0.2, 0) is 15.3 Å². The number of fused-ring (bicyclic) bond motifs is 1. The van der Waals surface area contributed by atoms with Gasteiger partial charge in [-0.25, -0.2) is 9.59 Å². The number of hydrogen-bond donors (Lipinski definition) is 3. The monoisotopic (exact) mass is 427 g/mol. The van der Waals surface area contributed by atoms with Gasteiger partial charge >= 0.3 is 11.9 Å². The molecule has 0 saturated carbocycles. The Kier molecular flexibility index (Phi) is 8.37. The molecule has 0 unspecified atom stereocenters. The van der Waals surface area contributed by atoms with Crippen LogP contribution in [0.25, 0.3) is 0 Å². The predicted octanol–water partition coefficient (Wildman–Crippen LogP) is 3.04. The number of methoxy groups -OCH3 is 1. The smallest absolute Gasteiger partial charge is 0.338 e. The summed E-state index contributed by atoms with van der Waals surface area (Å²) in [6, 6.07) is 0.623. The fraction of sp³-hybridized carbons (Fsp3) is 0.526. The first-order chi connectivity index (χ1) is 13.3. The van der Waals surface area contributed by atoms with Crippen LogP contribution >= 0.6 is 24.0 Å². The molecule has 1 atom stereocenters. The average molecular weight is 428 g/mol. The van der Waals surface area contributed by atoms with Gasteiger partial charge in [0.25, 0.3) is 0 Å². The molecule has 1 aliphatic rings. The van der Waals surface area contributed by atoms with Gasteiger partial charge in [-0.2, -0.15) is 11.8 Å². The minimum atomic E-state index is -0.992. The maximum atomic E-state index is 12.7. The first-order valence-electron chi connectivity index (χ1n) is 9.01. The van der Waals surface area contributed by atoms with E-state index in [2.05, 4.69) is 5.32 Å². The number of benzene rings is 1. The maximum absolute atomic E-state index is 12.7. The lowest BCUT2D eigenvalue weighted by atomic mass is 10.0. The van der Waals surface area contributed by atoms with Crippen molar-refractivity contribution in [1.29, 1.82) is 0 Å². The fourth-order valence-electron chi connectivity index (χ4n) is 2.95. The zero-order valence-corrected chi connectivity index (χ0v) is 17.6. The van der Waals surface area contributed by atoms with Crippen molar-refractivity contribution in [2.75, 3.05) is 19.5 Å². The van der Waals surface area contributed by atoms with E-state index in [1.165, 1.54) is 24.9 Å². The molecule has 0 radical (unpaired) electrons. The van der Waals surface area contributed by atoms with Crippen LogP contribution in [-0.4, -0.2) is 52.7 Å². The molecular formula is C19H25NO6S2. The highest BCUT2D eigenvalue weighted by Gasteiger charge is 2.24. The fourth-order valence-corrected chi connectivity index (χ4v) is 4.32. The molecule has 0 fully saturated rings. The first-order valence-corrected chi connectivity index (χ1v) is 10.6. The molecule has 1 aromatic rings. The highest BCUT2D eigenvalue weighted by atomic mass is 32.2. The van der Waals surface area contributed by atoms with Gasteiger partial charge in [0.05, 0.1) is 24.3 Å². The molecule has 0 bridgehead atoms. The third-order valence-electron chi connectivity index (χ3n) is 4.49. The number of thioether (sulfide) groups is 1. The molecule has 0 aromatic heterocycles. The number of ether oxygens (including phenoxy) is 2. The summed E-state index contributed by atoms with van der Waals surface area (Å²) in [4.78, 5) is 24.7. The number of aliphatic carboxylic acids is 1. The van der Waals surface area contributed by atoms with Gasteiger partial charge in [0.1, 0.15) is 17.5 Å². The number of hydrogen-bond acceptors (Lipinski definition) is 7. The number of phenolic OH excluding ortho intramolecular Hbond substituents is 1. The Balaban J connectivity index is 2.34. The van der Waals surface area contributed by atoms with Gasteiger partial charge in [-0.05, 0) is 32.6 Å². The Hall–Kier alpha value is -2.00. The topological polar surface area (TPSA) is 105 Å². The molecule has 1 aromatic carbocycles. The largest absolute Gasteiger partial charge is 0.507 e. The Morgan fingerprint density at radius 2 is 2.14 bits per heavy atom. The van der Waals surface area contributed by atoms with E-state index in [0.29, 0.717) is 34.7 Å². The van der Waals surface area contributed by atoms with Crippen molar-refractivity contribution in [3.63, 3.8) is 0 Å². The Bertz CT molecular complexity index is 752. The minimum Gasteiger partial charge on any atom is -0.507 e. The molecule has 7 nitrogen and oxygen atoms in total. The van der Waals surface area contributed by atoms with Crippen LogP contribution in [0.4, 0.5) is 0 Å². The number of thiocarbonyl (C=S) groups is 1. The Morgan fingerprint density at radius 1 is 1.39 bits per heavy atom. The van der Waals surface area contributed by atoms with Crippen molar-refractivity contribution in [3.8, 4) is 11.5 Å². The predicted molar refractivity (Wildman–Crippen MR) is 111 cm³/mol. The van der Waals surface area contributed by atoms with Crippen LogP contribution in [0.2, 0.25) is 0 Å². The van der Waals surface area contributed by atoms with E-state index in [1.807, 2.05) is 0 Å². The van der Waals surface area contributed by atoms with Gasteiger partial charge in [-0.3, -0.25) is 0 Å². The van der Waals surface area contributed by atoms with Crippen LogP contribution in [0.3, 0.4) is 0 Å². The van der Waals surface area contributed by atoms with Gasteiger partial charge in [0.2, 0.25) is 0 Å². The molecule has 3 N–H and O–H groups in total. The summed E-state index contributed by atoms with van der Waals surface area (Å²) in [5.41, 5.74) is 1.27. The number of phenols is 1. The second-order valence-electron chi connectivity index (χ2n) is 6.50. The number of nitrogens with one attached hydrogen (secondary N) is 1. The standard InChI is InChI=1S/C19H25NO6S2/c1-11-15(25-2)8-14(21)12-9-28-10-13(18(22)23)20-16(27)6-4-3-5-7-26-19(24)17(11)12/h8,13,21H,3-7,9-10H2,1-2H3,(H,20,27)(H,22,23)/t13-/m0/s1. The second kappa shape index (κ2) is 10.5. The van der Waals surface area contributed by atoms with E-state index in [9.17, 15) is 19.8 Å². The number of aromatic hydroxyl groups is 1. The number of carboxylic acids is 1. The summed E-state index contributed by atoms with van der Waals surface area (Å²) in [6.07, 6.45) is 2.86. The van der Waals surface area contributed by atoms with Crippen molar-refractivity contribution < 1.29 is 29.3 Å². The normalized spacial score (nSPS) is 19.4. The van der Waals surface area contributed by atoms with E-state index in [1.54, 1.807) is 6.92 Å². The van der Waals surface area contributed by atoms with Gasteiger partial charge in [-0.15, -0.1) is 0 Å². The minimum absolute atomic E-state index is 0.0819. The van der Waals surface area contributed by atoms with Crippen LogP contribution < -0.4 is 10.1 Å². The molecule has 1 heterocycles. The highest BCUT2D eigenvalue weighted by molar-refractivity contribution is 7.98. The molecule has 154 valence electrons. The second-order valence-corrected chi connectivity index (χ2v) is 8.02. The summed E-state index contributed by atoms with van der Waals surface area (Å²) in [7, 11) is 1.47. The van der Waals surface area contributed by atoms with Crippen molar-refractivity contribution in [1.82, 2.24) is 5.32 Å². The number of carbonyl (C=O) groups excluding carboxylic acids is 1. The SMILES string of the molecule is COc1cc(O)c2c(c1C)C(=O)OCCCCCC(=S)N[C@H](C(=O)O)CSC2. The van der Waals surface area contributed by atoms with E-state index < -0.39 is 18.0 Å². The number of rotatable bonds is 2. The summed E-state index contributed by atoms with van der Waals surface area (Å²) >= 11 is 6.54. The van der Waals surface area contributed by atoms with Crippen molar-refractivity contribution >= 4 is 40.9 Å². The van der Waals surface area contributed by atoms with Gasteiger partial charge in [-0.1, -0.05) is 12.2 Å². The summed E-state index contributed by atoms with van der Waals surface area (Å²) < 4.78 is 10.7. The van der Waals surface area contributed by atoms with E-state index >= 15 is 0 Å². The van der Waals surface area contributed by atoms with E-state index in [-0.39, 0.29) is 29.4 Å². The third kappa shape index (κ3) is 5.75. The lowest BCUT2D eigenvalue weighted by Gasteiger charge is -2.18. The third-order valence-corrected chi connectivity index (χ3v) is 5.88. The Labute approximate surface area is 173 Å². The lowest BCUT2D eigenvalue weighted by molar-refractivity contribution is -0.138. The van der Waals surface area contributed by atoms with Gasteiger partial charge < -0.3 is 25.0 Å². The van der Waals surface area contributed by atoms with Crippen molar-refractivity contribution in [3.05, 3.63) is 22.8 Å². The lowest BCUT2D eigenvalue weighted by Crippen LogP contribution is -2.41. The van der Waals surface area contributed by atoms with Gasteiger partial charge in [0, 0.05) is 28.7 Å². The summed E-state index contributed by atoms with van der Waals surface area (Å²) in [6.45, 7) is 2.00. The summed E-state index contributed by atoms with van der Waals surface area (Å²) in [5, 5.41) is 22.8. The number of carbonyl (C=O) groups is 2. The van der Waals surface area contributed by atoms with Crippen molar-refractivity contribution in [2.24, 2.45) is 0 Å². The van der Waals surface area contributed by atoms with Crippen LogP contribution in [0, 0.1) is 6.92 Å². The van der Waals surface area contributed by atoms with Crippen molar-refractivity contribution in [2.45, 2.75) is 44.4 Å². The zero-order chi connectivity index (χ0) is 20.7. The average Bonchev–Trinajstić information content (AvgIpc) is 2.65. The van der Waals surface area contributed by atoms with Crippen LogP contribution in [0.5, 0.6) is 11.5 Å². The molecule has 9 heteroatoms. The molecule has 28 heavy (non-hydrogen) atoms. The van der Waals surface area contributed by atoms with Crippen LogP contribution in [0.1, 0.15) is 47.2 Å². The van der Waals surface area contributed by atoms with E-state index in [4.69, 9.17) is 21.7 Å². The maximum Gasteiger partial charge on any atom is 0.338 e. The molecule has 0 amide bonds. The number of cyclic esters (lactones) is 1. The molecular weight excluding hydrogens is 402 g/mol. The molecule has 0 aliphatic carbocycles. The first kappa shape index (κ1) is 22.3. The Morgan fingerprint density at radius 3 is 2.82 bits per heavy atom. The molecule has 0 saturated heterocycles. The molecule has 0 spiro atoms. The zero-order valence-electron chi connectivity index (χ0n) is 15.9.